The molecule has 0 saturated carbocycles. The summed E-state index contributed by atoms with van der Waals surface area (Å²) in [5.74, 6) is -0.194. The average Bonchev–Trinajstić information content (AvgIpc) is 2.41. The Morgan fingerprint density at radius 1 is 1.40 bits per heavy atom. The van der Waals surface area contributed by atoms with Crippen LogP contribution in [0.4, 0.5) is 0 Å². The lowest BCUT2D eigenvalue weighted by atomic mass is 9.96. The van der Waals surface area contributed by atoms with Crippen LogP contribution >= 0.6 is 0 Å². The van der Waals surface area contributed by atoms with Crippen LogP contribution < -0.4 is 5.32 Å². The van der Waals surface area contributed by atoms with Crippen molar-refractivity contribution in [3.05, 3.63) is 29.6 Å². The molecule has 1 fully saturated rings. The molecule has 0 aromatic carbocycles. The minimum absolute atomic E-state index is 0.0719. The second-order valence-electron chi connectivity index (χ2n) is 5.69. The molecule has 1 unspecified atom stereocenters. The molecule has 0 aliphatic carbocycles. The normalized spacial score (nSPS) is 21.8. The van der Waals surface area contributed by atoms with Gasteiger partial charge in [0.2, 0.25) is 11.8 Å². The SMILES string of the molecule is CCc1cccnc1CN1C(=O)C(C)(C)NC(=O)C1C. The number of aromatic nitrogens is 1. The third kappa shape index (κ3) is 2.53. The van der Waals surface area contributed by atoms with Crippen molar-refractivity contribution in [1.82, 2.24) is 15.2 Å². The summed E-state index contributed by atoms with van der Waals surface area (Å²) in [6.07, 6.45) is 2.58. The van der Waals surface area contributed by atoms with E-state index < -0.39 is 11.6 Å². The highest BCUT2D eigenvalue weighted by Gasteiger charge is 2.43. The van der Waals surface area contributed by atoms with Crippen molar-refractivity contribution in [2.75, 3.05) is 0 Å². The number of carbonyl (C=O) groups is 2. The van der Waals surface area contributed by atoms with Gasteiger partial charge in [0.1, 0.15) is 11.6 Å². The number of amides is 2. The minimum atomic E-state index is -0.856. The van der Waals surface area contributed by atoms with Gasteiger partial charge in [0, 0.05) is 6.20 Å². The van der Waals surface area contributed by atoms with Gasteiger partial charge >= 0.3 is 0 Å². The van der Waals surface area contributed by atoms with E-state index in [1.54, 1.807) is 31.9 Å². The Bertz CT molecular complexity index is 540. The zero-order valence-corrected chi connectivity index (χ0v) is 12.4. The van der Waals surface area contributed by atoms with E-state index in [1.807, 2.05) is 12.1 Å². The van der Waals surface area contributed by atoms with E-state index in [4.69, 9.17) is 0 Å². The Balaban J connectivity index is 2.30. The molecule has 0 radical (unpaired) electrons. The molecule has 0 spiro atoms. The minimum Gasteiger partial charge on any atom is -0.340 e. The Labute approximate surface area is 119 Å². The number of hydrogen-bond donors (Lipinski definition) is 1. The molecule has 2 amide bonds. The van der Waals surface area contributed by atoms with E-state index in [0.717, 1.165) is 17.7 Å². The number of piperazine rings is 1. The van der Waals surface area contributed by atoms with Crippen LogP contribution in [0.5, 0.6) is 0 Å². The number of carbonyl (C=O) groups excluding carboxylic acids is 2. The lowest BCUT2D eigenvalue weighted by Gasteiger charge is -2.41. The van der Waals surface area contributed by atoms with Gasteiger partial charge in [-0.25, -0.2) is 0 Å². The summed E-state index contributed by atoms with van der Waals surface area (Å²) in [7, 11) is 0. The molecule has 2 heterocycles. The number of nitrogens with zero attached hydrogens (tertiary/aromatic N) is 2. The van der Waals surface area contributed by atoms with Gasteiger partial charge in [0.15, 0.2) is 0 Å². The first kappa shape index (κ1) is 14.5. The number of aryl methyl sites for hydroxylation is 1. The van der Waals surface area contributed by atoms with Crippen LogP contribution in [0, 0.1) is 0 Å². The number of nitrogens with one attached hydrogen (secondary N) is 1. The summed E-state index contributed by atoms with van der Waals surface area (Å²) in [6, 6.07) is 3.43. The molecular formula is C15H21N3O2. The first-order chi connectivity index (χ1) is 9.36. The maximum absolute atomic E-state index is 12.5. The predicted molar refractivity (Wildman–Crippen MR) is 75.8 cm³/mol. The molecule has 1 N–H and O–H groups in total. The third-order valence-corrected chi connectivity index (χ3v) is 3.76. The lowest BCUT2D eigenvalue weighted by molar-refractivity contribution is -0.153. The molecule has 1 saturated heterocycles. The highest BCUT2D eigenvalue weighted by Crippen LogP contribution is 2.21. The maximum atomic E-state index is 12.5. The van der Waals surface area contributed by atoms with Crippen molar-refractivity contribution < 1.29 is 9.59 Å². The van der Waals surface area contributed by atoms with Crippen molar-refractivity contribution in [2.45, 2.75) is 52.2 Å². The molecule has 0 bridgehead atoms. The van der Waals surface area contributed by atoms with Crippen LogP contribution in [0.1, 0.15) is 39.0 Å². The molecule has 1 atom stereocenters. The molecule has 1 aliphatic heterocycles. The van der Waals surface area contributed by atoms with Crippen LogP contribution in [0.25, 0.3) is 0 Å². The molecule has 5 nitrogen and oxygen atoms in total. The molecule has 1 aliphatic rings. The molecule has 1 aromatic rings. The first-order valence-corrected chi connectivity index (χ1v) is 6.92. The Morgan fingerprint density at radius 3 is 2.75 bits per heavy atom. The van der Waals surface area contributed by atoms with Gasteiger partial charge in [0.05, 0.1) is 12.2 Å². The summed E-state index contributed by atoms with van der Waals surface area (Å²) < 4.78 is 0. The average molecular weight is 275 g/mol. The monoisotopic (exact) mass is 275 g/mol. The van der Waals surface area contributed by atoms with Crippen LogP contribution in [0.3, 0.4) is 0 Å². The van der Waals surface area contributed by atoms with Crippen molar-refractivity contribution >= 4 is 11.8 Å². The fourth-order valence-corrected chi connectivity index (χ4v) is 2.45. The number of hydrogen-bond acceptors (Lipinski definition) is 3. The van der Waals surface area contributed by atoms with Crippen LogP contribution in [0.2, 0.25) is 0 Å². The number of rotatable bonds is 3. The summed E-state index contributed by atoms with van der Waals surface area (Å²) in [5, 5.41) is 2.75. The van der Waals surface area contributed by atoms with Gasteiger partial charge < -0.3 is 10.2 Å². The van der Waals surface area contributed by atoms with E-state index in [2.05, 4.69) is 17.2 Å². The van der Waals surface area contributed by atoms with Crippen LogP contribution in [0.15, 0.2) is 18.3 Å². The van der Waals surface area contributed by atoms with E-state index in [0.29, 0.717) is 6.54 Å². The van der Waals surface area contributed by atoms with Crippen molar-refractivity contribution in [1.29, 1.82) is 0 Å². The fraction of sp³-hybridized carbons (Fsp3) is 0.533. The van der Waals surface area contributed by atoms with E-state index >= 15 is 0 Å². The fourth-order valence-electron chi connectivity index (χ4n) is 2.45. The van der Waals surface area contributed by atoms with Gasteiger partial charge in [-0.1, -0.05) is 13.0 Å². The summed E-state index contributed by atoms with van der Waals surface area (Å²) in [6.45, 7) is 7.63. The predicted octanol–water partition coefficient (Wildman–Crippen LogP) is 1.27. The lowest BCUT2D eigenvalue weighted by Crippen LogP contribution is -2.67. The van der Waals surface area contributed by atoms with Crippen molar-refractivity contribution in [3.8, 4) is 0 Å². The van der Waals surface area contributed by atoms with Crippen LogP contribution in [-0.2, 0) is 22.6 Å². The summed E-state index contributed by atoms with van der Waals surface area (Å²) in [4.78, 5) is 30.4. The molecule has 20 heavy (non-hydrogen) atoms. The third-order valence-electron chi connectivity index (χ3n) is 3.76. The second kappa shape index (κ2) is 5.23. The molecule has 2 rings (SSSR count). The van der Waals surface area contributed by atoms with Gasteiger partial charge in [0.25, 0.3) is 0 Å². The highest BCUT2D eigenvalue weighted by molar-refractivity contribution is 5.99. The van der Waals surface area contributed by atoms with E-state index in [9.17, 15) is 9.59 Å². The van der Waals surface area contributed by atoms with Crippen molar-refractivity contribution in [3.63, 3.8) is 0 Å². The van der Waals surface area contributed by atoms with Gasteiger partial charge in [-0.15, -0.1) is 0 Å². The Hall–Kier alpha value is -1.91. The van der Waals surface area contributed by atoms with E-state index in [1.165, 1.54) is 0 Å². The quantitative estimate of drug-likeness (QED) is 0.903. The summed E-state index contributed by atoms with van der Waals surface area (Å²) in [5.41, 5.74) is 1.11. The zero-order chi connectivity index (χ0) is 14.9. The van der Waals surface area contributed by atoms with E-state index in [-0.39, 0.29) is 11.8 Å². The highest BCUT2D eigenvalue weighted by atomic mass is 16.2. The summed E-state index contributed by atoms with van der Waals surface area (Å²) >= 11 is 0. The van der Waals surface area contributed by atoms with Crippen LogP contribution in [-0.4, -0.2) is 33.3 Å². The van der Waals surface area contributed by atoms with Gasteiger partial charge in [-0.05, 0) is 38.8 Å². The largest absolute Gasteiger partial charge is 0.340 e. The molecule has 5 heteroatoms. The smallest absolute Gasteiger partial charge is 0.248 e. The first-order valence-electron chi connectivity index (χ1n) is 6.92. The standard InChI is InChI=1S/C15H21N3O2/c1-5-11-7-6-8-16-12(11)9-18-10(2)13(19)17-15(3,4)14(18)20/h6-8,10H,5,9H2,1-4H3,(H,17,19). The topological polar surface area (TPSA) is 62.3 Å². The Morgan fingerprint density at radius 2 is 2.10 bits per heavy atom. The van der Waals surface area contributed by atoms with Gasteiger partial charge in [-0.2, -0.15) is 0 Å². The van der Waals surface area contributed by atoms with Crippen molar-refractivity contribution in [2.24, 2.45) is 0 Å². The second-order valence-corrected chi connectivity index (χ2v) is 5.69. The Kier molecular flexibility index (Phi) is 3.79. The maximum Gasteiger partial charge on any atom is 0.248 e. The molecule has 108 valence electrons. The van der Waals surface area contributed by atoms with Gasteiger partial charge in [-0.3, -0.25) is 14.6 Å². The number of pyridine rings is 1. The zero-order valence-electron chi connectivity index (χ0n) is 12.4. The molecular weight excluding hydrogens is 254 g/mol. The molecule has 1 aromatic heterocycles.